The van der Waals surface area contributed by atoms with Gasteiger partial charge in [-0.05, 0) is 0 Å². The van der Waals surface area contributed by atoms with Crippen molar-refractivity contribution in [3.63, 3.8) is 0 Å². The molecular weight excluding hydrogens is 573 g/mol. The van der Waals surface area contributed by atoms with E-state index in [2.05, 4.69) is 37.4 Å². The first kappa shape index (κ1) is 30.6. The van der Waals surface area contributed by atoms with Gasteiger partial charge in [0.1, 0.15) is 24.3 Å². The minimum absolute atomic E-state index is 0.0457. The van der Waals surface area contributed by atoms with Crippen molar-refractivity contribution in [2.45, 2.75) is 31.0 Å². The zero-order valence-electron chi connectivity index (χ0n) is 19.5. The Morgan fingerprint density at radius 1 is 1.26 bits per heavy atom. The number of ether oxygens (including phenoxy) is 2. The molecule has 3 rings (SSSR count). The summed E-state index contributed by atoms with van der Waals surface area (Å²) in [5, 5.41) is 2.91. The number of aliphatic imine (C=N–C) groups is 1. The Morgan fingerprint density at radius 2 is 1.97 bits per heavy atom. The van der Waals surface area contributed by atoms with Crippen LogP contribution in [0.5, 0.6) is 0 Å². The van der Waals surface area contributed by atoms with Gasteiger partial charge in [-0.2, -0.15) is 8.62 Å². The summed E-state index contributed by atoms with van der Waals surface area (Å²) in [7, 11) is -16.6. The number of phosphoric acid groups is 3. The predicted molar refractivity (Wildman–Crippen MR) is 131 cm³/mol. The average molecular weight is 600 g/mol. The molecule has 21 heteroatoms. The zero-order chi connectivity index (χ0) is 28.3. The normalized spacial score (nSPS) is 26.2. The lowest BCUT2D eigenvalue weighted by molar-refractivity contribution is -0.0553. The van der Waals surface area contributed by atoms with Gasteiger partial charge >= 0.3 is 23.5 Å². The summed E-state index contributed by atoms with van der Waals surface area (Å²) >= 11 is 0. The van der Waals surface area contributed by atoms with Crippen molar-refractivity contribution >= 4 is 35.2 Å². The molecule has 3 unspecified atom stereocenters. The Labute approximate surface area is 216 Å². The molecule has 1 fully saturated rings. The van der Waals surface area contributed by atoms with Crippen molar-refractivity contribution in [1.82, 2.24) is 4.57 Å². The van der Waals surface area contributed by atoms with E-state index in [1.807, 2.05) is 0 Å². The van der Waals surface area contributed by atoms with Crippen LogP contribution in [0, 0.1) is 11.8 Å². The maximum Gasteiger partial charge on any atom is 0.490 e. The van der Waals surface area contributed by atoms with Crippen LogP contribution in [-0.4, -0.2) is 62.1 Å². The van der Waals surface area contributed by atoms with Gasteiger partial charge in [-0.25, -0.2) is 18.7 Å². The number of anilines is 1. The highest BCUT2D eigenvalue weighted by Crippen LogP contribution is 2.66. The first-order valence-electron chi connectivity index (χ1n) is 10.6. The van der Waals surface area contributed by atoms with Crippen molar-refractivity contribution in [3.05, 3.63) is 30.0 Å². The predicted octanol–water partition coefficient (Wildman–Crippen LogP) is -0.302. The third-order valence-electron chi connectivity index (χ3n) is 4.95. The van der Waals surface area contributed by atoms with E-state index < -0.39 is 54.7 Å². The first-order chi connectivity index (χ1) is 17.6. The number of hydrogen-bond acceptors (Lipinski definition) is 13. The van der Waals surface area contributed by atoms with Crippen molar-refractivity contribution in [1.29, 1.82) is 0 Å². The van der Waals surface area contributed by atoms with Crippen molar-refractivity contribution in [2.75, 3.05) is 25.1 Å². The minimum atomic E-state index is -5.68. The second-order valence-electron chi connectivity index (χ2n) is 7.71. The number of nitrogens with one attached hydrogen (secondary N) is 1. The van der Waals surface area contributed by atoms with Crippen LogP contribution in [-0.2, 0) is 36.3 Å². The smallest absolute Gasteiger partial charge is 0.371 e. The van der Waals surface area contributed by atoms with Gasteiger partial charge in [0.2, 0.25) is 0 Å². The van der Waals surface area contributed by atoms with Crippen LogP contribution < -0.4 is 22.5 Å². The molecule has 1 saturated heterocycles. The molecule has 0 amide bonds. The van der Waals surface area contributed by atoms with Crippen molar-refractivity contribution in [3.8, 4) is 11.8 Å². The molecule has 1 aromatic rings. The number of nitrogens with two attached hydrogens (primary N) is 3. The van der Waals surface area contributed by atoms with Gasteiger partial charge in [0.15, 0.2) is 5.96 Å². The van der Waals surface area contributed by atoms with Gasteiger partial charge < -0.3 is 56.1 Å². The SMILES string of the molecule is C=CCO[C@@H]1C[C@H](n2cc(C#CCN)c3c2NC(N)=NC3N)O[C@@H]1COP(=O)(O)OP(=O)(O)OP(=O)(O)O. The molecule has 0 aliphatic carbocycles. The molecule has 1 aromatic heterocycles. The zero-order valence-corrected chi connectivity index (χ0v) is 22.2. The van der Waals surface area contributed by atoms with E-state index in [1.165, 1.54) is 6.08 Å². The minimum Gasteiger partial charge on any atom is -0.371 e. The molecule has 0 spiro atoms. The number of rotatable bonds is 11. The van der Waals surface area contributed by atoms with Crippen LogP contribution in [0.3, 0.4) is 0 Å². The fraction of sp³-hybridized carbons (Fsp3) is 0.471. The van der Waals surface area contributed by atoms with Gasteiger partial charge in [-0.3, -0.25) is 4.52 Å². The van der Waals surface area contributed by atoms with Crippen LogP contribution in [0.2, 0.25) is 0 Å². The highest BCUT2D eigenvalue weighted by Gasteiger charge is 2.44. The van der Waals surface area contributed by atoms with Crippen LogP contribution in [0.4, 0.5) is 5.82 Å². The van der Waals surface area contributed by atoms with E-state index in [4.69, 9.17) is 41.0 Å². The lowest BCUT2D eigenvalue weighted by Gasteiger charge is -2.23. The summed E-state index contributed by atoms with van der Waals surface area (Å²) in [5.41, 5.74) is 18.5. The van der Waals surface area contributed by atoms with Gasteiger partial charge in [0.05, 0.1) is 31.4 Å². The number of fused-ring (bicyclic) bond motifs is 1. The van der Waals surface area contributed by atoms with Gasteiger partial charge in [-0.15, -0.1) is 6.58 Å². The fourth-order valence-corrected chi connectivity index (χ4v) is 6.70. The second-order valence-corrected chi connectivity index (χ2v) is 12.1. The van der Waals surface area contributed by atoms with E-state index in [-0.39, 0.29) is 25.5 Å². The van der Waals surface area contributed by atoms with Crippen molar-refractivity contribution < 1.29 is 55.9 Å². The van der Waals surface area contributed by atoms with Gasteiger partial charge in [0, 0.05) is 18.2 Å². The van der Waals surface area contributed by atoms with Crippen LogP contribution in [0.15, 0.2) is 23.8 Å². The number of aromatic nitrogens is 1. The highest BCUT2D eigenvalue weighted by molar-refractivity contribution is 7.66. The molecule has 2 aliphatic rings. The molecule has 38 heavy (non-hydrogen) atoms. The summed E-state index contributed by atoms with van der Waals surface area (Å²) in [6.45, 7) is 3.03. The van der Waals surface area contributed by atoms with Gasteiger partial charge in [0.25, 0.3) is 0 Å². The molecule has 0 bridgehead atoms. The molecule has 6 atom stereocenters. The van der Waals surface area contributed by atoms with E-state index >= 15 is 0 Å². The van der Waals surface area contributed by atoms with Crippen LogP contribution in [0.1, 0.15) is 29.9 Å². The average Bonchev–Trinajstić information content (AvgIpc) is 3.33. The molecule has 2 aliphatic heterocycles. The highest BCUT2D eigenvalue weighted by atomic mass is 31.3. The number of hydrogen-bond donors (Lipinski definition) is 8. The Bertz CT molecular complexity index is 1290. The summed E-state index contributed by atoms with van der Waals surface area (Å²) in [6, 6.07) is 0. The molecule has 0 aromatic carbocycles. The van der Waals surface area contributed by atoms with E-state index in [0.717, 1.165) is 0 Å². The molecule has 0 saturated carbocycles. The summed E-state index contributed by atoms with van der Waals surface area (Å²) in [6.07, 6.45) is -0.111. The number of nitrogens with zero attached hydrogens (tertiary/aromatic N) is 2. The summed E-state index contributed by atoms with van der Waals surface area (Å²) < 4.78 is 60.0. The molecule has 212 valence electrons. The lowest BCUT2D eigenvalue weighted by Crippen LogP contribution is -2.32. The Hall–Kier alpha value is -1.90. The maximum atomic E-state index is 12.2. The fourth-order valence-electron chi connectivity index (χ4n) is 3.67. The van der Waals surface area contributed by atoms with E-state index in [1.54, 1.807) is 10.8 Å². The Balaban J connectivity index is 1.81. The third kappa shape index (κ3) is 8.06. The standard InChI is InChI=1S/C17H27N6O12P3/c1-2-6-31-11-7-13(23-8-10(4-3-5-18)14-15(19)21-17(20)22-16(14)23)33-12(11)9-32-37(27,28)35-38(29,30)34-36(24,25)26/h2,8,11-13,15H,1,5-7,9,18-19H2,(H,27,28)(H,29,30)(H3,20,21,22)(H2,24,25,26)/t11-,12-,13-,15?/m1/s1. The van der Waals surface area contributed by atoms with Crippen LogP contribution >= 0.6 is 23.5 Å². The molecule has 11 N–H and O–H groups in total. The molecule has 3 heterocycles. The van der Waals surface area contributed by atoms with E-state index in [0.29, 0.717) is 16.9 Å². The quantitative estimate of drug-likeness (QED) is 0.0918. The topological polar surface area (TPSA) is 286 Å². The summed E-state index contributed by atoms with van der Waals surface area (Å²) in [4.78, 5) is 40.5. The number of guanidine groups is 1. The molecule has 18 nitrogen and oxygen atoms in total. The summed E-state index contributed by atoms with van der Waals surface area (Å²) in [5.74, 6) is 6.12. The molecule has 0 radical (unpaired) electrons. The second kappa shape index (κ2) is 12.1. The molecular formula is C17H27N6O12P3. The van der Waals surface area contributed by atoms with Crippen LogP contribution in [0.25, 0.3) is 0 Å². The lowest BCUT2D eigenvalue weighted by atomic mass is 10.1. The van der Waals surface area contributed by atoms with Crippen molar-refractivity contribution in [2.24, 2.45) is 22.2 Å². The Morgan fingerprint density at radius 3 is 2.61 bits per heavy atom. The largest absolute Gasteiger partial charge is 0.490 e. The van der Waals surface area contributed by atoms with E-state index in [9.17, 15) is 23.5 Å². The van der Waals surface area contributed by atoms with Gasteiger partial charge in [-0.1, -0.05) is 17.9 Å². The monoisotopic (exact) mass is 600 g/mol. The number of phosphoric ester groups is 1. The first-order valence-corrected chi connectivity index (χ1v) is 15.1. The Kier molecular flexibility index (Phi) is 9.75. The third-order valence-corrected chi connectivity index (χ3v) is 8.76. The maximum absolute atomic E-state index is 12.2.